The number of imide groups is 1. The second kappa shape index (κ2) is 9.40. The summed E-state index contributed by atoms with van der Waals surface area (Å²) in [4.78, 5) is 38.2. The molecule has 3 aromatic rings. The second-order valence-electron chi connectivity index (χ2n) is 7.64. The predicted molar refractivity (Wildman–Crippen MR) is 126 cm³/mol. The van der Waals surface area contributed by atoms with Crippen LogP contribution in [0, 0.1) is 6.92 Å². The van der Waals surface area contributed by atoms with Gasteiger partial charge in [-0.3, -0.25) is 9.59 Å². The van der Waals surface area contributed by atoms with Gasteiger partial charge in [0.1, 0.15) is 18.0 Å². The summed E-state index contributed by atoms with van der Waals surface area (Å²) in [6, 6.07) is 21.9. The van der Waals surface area contributed by atoms with E-state index in [1.807, 2.05) is 67.6 Å². The van der Waals surface area contributed by atoms with Crippen molar-refractivity contribution in [2.75, 3.05) is 19.0 Å². The molecule has 0 aliphatic carbocycles. The first-order valence-electron chi connectivity index (χ1n) is 10.4. The minimum atomic E-state index is -0.625. The van der Waals surface area contributed by atoms with Gasteiger partial charge in [0.15, 0.2) is 0 Å². The number of anilines is 1. The summed E-state index contributed by atoms with van der Waals surface area (Å²) in [5, 5.41) is 5.23. The zero-order valence-electron chi connectivity index (χ0n) is 18.3. The van der Waals surface area contributed by atoms with Crippen molar-refractivity contribution in [3.63, 3.8) is 0 Å². The molecule has 4 amide bonds. The van der Waals surface area contributed by atoms with Gasteiger partial charge in [-0.15, -0.1) is 0 Å². The van der Waals surface area contributed by atoms with E-state index in [1.54, 1.807) is 25.3 Å². The third kappa shape index (κ3) is 5.10. The molecule has 1 heterocycles. The molecule has 33 heavy (non-hydrogen) atoms. The summed E-state index contributed by atoms with van der Waals surface area (Å²) < 4.78 is 5.18. The van der Waals surface area contributed by atoms with Gasteiger partial charge in [0, 0.05) is 5.69 Å². The van der Waals surface area contributed by atoms with Crippen LogP contribution in [-0.2, 0) is 9.59 Å². The van der Waals surface area contributed by atoms with E-state index in [-0.39, 0.29) is 12.2 Å². The van der Waals surface area contributed by atoms with Crippen LogP contribution < -0.4 is 15.4 Å². The Kier molecular flexibility index (Phi) is 6.22. The van der Waals surface area contributed by atoms with Crippen LogP contribution in [0.25, 0.3) is 17.2 Å². The number of carbonyl (C=O) groups is 3. The van der Waals surface area contributed by atoms with E-state index in [4.69, 9.17) is 4.74 Å². The van der Waals surface area contributed by atoms with Crippen molar-refractivity contribution in [2.45, 2.75) is 6.92 Å². The largest absolute Gasteiger partial charge is 0.497 e. The third-order valence-corrected chi connectivity index (χ3v) is 5.24. The first-order chi connectivity index (χ1) is 15.9. The molecule has 7 heteroatoms. The standard InChI is InChI=1S/C26H23N3O4/c1-17-3-11-21(12-4-17)27-24(30)16-29-25(31)23(28-26(29)32)15-18-5-7-19(8-6-18)20-9-13-22(33-2)14-10-20/h3-15H,16H2,1-2H3,(H,27,30)(H,28,32)/b23-15-. The van der Waals surface area contributed by atoms with Gasteiger partial charge in [0.2, 0.25) is 5.91 Å². The summed E-state index contributed by atoms with van der Waals surface area (Å²) in [5.74, 6) is -0.210. The van der Waals surface area contributed by atoms with Crippen molar-refractivity contribution in [1.82, 2.24) is 10.2 Å². The Hall–Kier alpha value is -4.39. The molecular weight excluding hydrogens is 418 g/mol. The fourth-order valence-corrected chi connectivity index (χ4v) is 3.42. The highest BCUT2D eigenvalue weighted by atomic mass is 16.5. The average molecular weight is 441 g/mol. The number of benzene rings is 3. The summed E-state index contributed by atoms with van der Waals surface area (Å²) >= 11 is 0. The molecule has 0 bridgehead atoms. The minimum absolute atomic E-state index is 0.125. The van der Waals surface area contributed by atoms with E-state index >= 15 is 0 Å². The van der Waals surface area contributed by atoms with Gasteiger partial charge in [-0.25, -0.2) is 9.69 Å². The monoisotopic (exact) mass is 441 g/mol. The van der Waals surface area contributed by atoms with Crippen molar-refractivity contribution < 1.29 is 19.1 Å². The van der Waals surface area contributed by atoms with Gasteiger partial charge in [0.05, 0.1) is 7.11 Å². The summed E-state index contributed by atoms with van der Waals surface area (Å²) in [7, 11) is 1.62. The molecule has 1 fully saturated rings. The second-order valence-corrected chi connectivity index (χ2v) is 7.64. The van der Waals surface area contributed by atoms with Crippen molar-refractivity contribution in [3.05, 3.63) is 89.6 Å². The lowest BCUT2D eigenvalue weighted by molar-refractivity contribution is -0.127. The first kappa shape index (κ1) is 21.8. The van der Waals surface area contributed by atoms with Crippen LogP contribution in [0.1, 0.15) is 11.1 Å². The van der Waals surface area contributed by atoms with Crippen LogP contribution >= 0.6 is 0 Å². The number of nitrogens with zero attached hydrogens (tertiary/aromatic N) is 1. The topological polar surface area (TPSA) is 87.7 Å². The summed E-state index contributed by atoms with van der Waals surface area (Å²) in [5.41, 5.74) is 4.59. The quantitative estimate of drug-likeness (QED) is 0.443. The molecule has 2 N–H and O–H groups in total. The molecule has 1 aliphatic heterocycles. The van der Waals surface area contributed by atoms with Gasteiger partial charge in [-0.1, -0.05) is 54.1 Å². The highest BCUT2D eigenvalue weighted by Crippen LogP contribution is 2.23. The van der Waals surface area contributed by atoms with E-state index in [2.05, 4.69) is 10.6 Å². The average Bonchev–Trinajstić information content (AvgIpc) is 3.08. The maximum Gasteiger partial charge on any atom is 0.329 e. The number of rotatable bonds is 6. The Morgan fingerprint density at radius 1 is 0.939 bits per heavy atom. The third-order valence-electron chi connectivity index (χ3n) is 5.24. The van der Waals surface area contributed by atoms with Crippen molar-refractivity contribution in [2.24, 2.45) is 0 Å². The smallest absolute Gasteiger partial charge is 0.329 e. The van der Waals surface area contributed by atoms with Crippen molar-refractivity contribution in [1.29, 1.82) is 0 Å². The lowest BCUT2D eigenvalue weighted by Gasteiger charge is -2.12. The Morgan fingerprint density at radius 2 is 1.55 bits per heavy atom. The maximum atomic E-state index is 12.7. The molecule has 0 saturated carbocycles. The highest BCUT2D eigenvalue weighted by molar-refractivity contribution is 6.15. The maximum absolute atomic E-state index is 12.7. The molecule has 0 spiro atoms. The van der Waals surface area contributed by atoms with Crippen LogP contribution in [-0.4, -0.2) is 36.4 Å². The molecule has 4 rings (SSSR count). The molecule has 1 aliphatic rings. The van der Waals surface area contributed by atoms with Gasteiger partial charge in [-0.2, -0.15) is 0 Å². The lowest BCUT2D eigenvalue weighted by atomic mass is 10.0. The van der Waals surface area contributed by atoms with Crippen LogP contribution in [0.15, 0.2) is 78.5 Å². The van der Waals surface area contributed by atoms with Crippen molar-refractivity contribution >= 4 is 29.6 Å². The van der Waals surface area contributed by atoms with Gasteiger partial charge >= 0.3 is 6.03 Å². The highest BCUT2D eigenvalue weighted by Gasteiger charge is 2.34. The Morgan fingerprint density at radius 3 is 2.15 bits per heavy atom. The molecule has 166 valence electrons. The number of nitrogens with one attached hydrogen (secondary N) is 2. The van der Waals surface area contributed by atoms with E-state index in [0.717, 1.165) is 32.9 Å². The molecule has 0 radical (unpaired) electrons. The molecule has 0 aromatic heterocycles. The normalized spacial score (nSPS) is 14.4. The number of methoxy groups -OCH3 is 1. The Bertz CT molecular complexity index is 1210. The fraction of sp³-hybridized carbons (Fsp3) is 0.115. The molecule has 7 nitrogen and oxygen atoms in total. The number of amides is 4. The van der Waals surface area contributed by atoms with Crippen molar-refractivity contribution in [3.8, 4) is 16.9 Å². The zero-order valence-corrected chi connectivity index (χ0v) is 18.3. The Balaban J connectivity index is 1.42. The van der Waals surface area contributed by atoms with Gasteiger partial charge in [-0.05, 0) is 54.0 Å². The SMILES string of the molecule is COc1ccc(-c2ccc(/C=C3\NC(=O)N(CC(=O)Nc4ccc(C)cc4)C3=O)cc2)cc1. The Labute approximate surface area is 191 Å². The molecule has 1 saturated heterocycles. The zero-order chi connectivity index (χ0) is 23.4. The van der Waals surface area contributed by atoms with E-state index in [9.17, 15) is 14.4 Å². The van der Waals surface area contributed by atoms with Gasteiger partial charge in [0.25, 0.3) is 5.91 Å². The minimum Gasteiger partial charge on any atom is -0.497 e. The molecule has 0 unspecified atom stereocenters. The van der Waals surface area contributed by atoms with E-state index < -0.39 is 17.8 Å². The van der Waals surface area contributed by atoms with E-state index in [1.165, 1.54) is 0 Å². The molecular formula is C26H23N3O4. The number of urea groups is 1. The summed E-state index contributed by atoms with van der Waals surface area (Å²) in [6.45, 7) is 1.58. The van der Waals surface area contributed by atoms with E-state index in [0.29, 0.717) is 5.69 Å². The van der Waals surface area contributed by atoms with Crippen LogP contribution in [0.3, 0.4) is 0 Å². The molecule has 0 atom stereocenters. The summed E-state index contributed by atoms with van der Waals surface area (Å²) in [6.07, 6.45) is 1.59. The van der Waals surface area contributed by atoms with Crippen LogP contribution in [0.4, 0.5) is 10.5 Å². The molecule has 3 aromatic carbocycles. The number of ether oxygens (including phenoxy) is 1. The number of aryl methyl sites for hydroxylation is 1. The van der Waals surface area contributed by atoms with Crippen LogP contribution in [0.5, 0.6) is 5.75 Å². The first-order valence-corrected chi connectivity index (χ1v) is 10.4. The number of carbonyl (C=O) groups excluding carboxylic acids is 3. The fourth-order valence-electron chi connectivity index (χ4n) is 3.42. The predicted octanol–water partition coefficient (Wildman–Crippen LogP) is 4.20. The van der Waals surface area contributed by atoms with Gasteiger partial charge < -0.3 is 15.4 Å². The lowest BCUT2D eigenvalue weighted by Crippen LogP contribution is -2.38. The number of hydrogen-bond acceptors (Lipinski definition) is 4. The number of hydrogen-bond donors (Lipinski definition) is 2. The van der Waals surface area contributed by atoms with Crippen LogP contribution in [0.2, 0.25) is 0 Å².